The molecule has 4 heteroatoms. The van der Waals surface area contributed by atoms with E-state index in [-0.39, 0.29) is 18.1 Å². The number of nitrogens with one attached hydrogen (secondary N) is 1. The Morgan fingerprint density at radius 2 is 1.89 bits per heavy atom. The van der Waals surface area contributed by atoms with Crippen molar-refractivity contribution in [2.75, 3.05) is 13.2 Å². The number of rotatable bonds is 8. The second-order valence-electron chi connectivity index (χ2n) is 8.32. The van der Waals surface area contributed by atoms with Gasteiger partial charge in [-0.3, -0.25) is 4.79 Å². The zero-order chi connectivity index (χ0) is 20.1. The van der Waals surface area contributed by atoms with E-state index in [2.05, 4.69) is 56.4 Å². The molecule has 0 aromatic heterocycles. The molecule has 0 aliphatic carbocycles. The van der Waals surface area contributed by atoms with Gasteiger partial charge in [0.1, 0.15) is 11.4 Å². The van der Waals surface area contributed by atoms with E-state index in [1.807, 2.05) is 12.1 Å². The number of hydrogen-bond acceptors (Lipinski definition) is 3. The largest absolute Gasteiger partial charge is 0.487 e. The van der Waals surface area contributed by atoms with Gasteiger partial charge in [-0.15, -0.1) is 0 Å². The first kappa shape index (κ1) is 20.4. The van der Waals surface area contributed by atoms with Crippen molar-refractivity contribution in [3.8, 4) is 5.75 Å². The van der Waals surface area contributed by atoms with Crippen molar-refractivity contribution in [3.05, 3.63) is 64.7 Å². The van der Waals surface area contributed by atoms with Crippen molar-refractivity contribution in [1.82, 2.24) is 5.32 Å². The van der Waals surface area contributed by atoms with Crippen molar-refractivity contribution < 1.29 is 14.6 Å². The highest BCUT2D eigenvalue weighted by Gasteiger charge is 2.35. The molecule has 2 N–H and O–H groups in total. The van der Waals surface area contributed by atoms with Crippen molar-refractivity contribution in [2.24, 2.45) is 0 Å². The fourth-order valence-corrected chi connectivity index (χ4v) is 3.82. The number of ether oxygens (including phenoxy) is 1. The number of benzene rings is 2. The van der Waals surface area contributed by atoms with Crippen molar-refractivity contribution in [3.63, 3.8) is 0 Å². The first-order chi connectivity index (χ1) is 13.4. The summed E-state index contributed by atoms with van der Waals surface area (Å²) in [5, 5.41) is 11.5. The first-order valence-corrected chi connectivity index (χ1v) is 10.2. The number of amides is 1. The number of fused-ring (bicyclic) bond motifs is 1. The van der Waals surface area contributed by atoms with E-state index in [1.54, 1.807) is 0 Å². The summed E-state index contributed by atoms with van der Waals surface area (Å²) in [6.07, 6.45) is 2.87. The maximum atomic E-state index is 11.7. The summed E-state index contributed by atoms with van der Waals surface area (Å²) in [6, 6.07) is 15.1. The Morgan fingerprint density at radius 3 is 2.57 bits per heavy atom. The van der Waals surface area contributed by atoms with Crippen LogP contribution in [-0.2, 0) is 24.1 Å². The quantitative estimate of drug-likeness (QED) is 0.731. The van der Waals surface area contributed by atoms with Crippen LogP contribution in [0, 0.1) is 0 Å². The summed E-state index contributed by atoms with van der Waals surface area (Å²) >= 11 is 0. The van der Waals surface area contributed by atoms with Gasteiger partial charge in [0, 0.05) is 25.8 Å². The molecule has 3 rings (SSSR count). The Labute approximate surface area is 167 Å². The Morgan fingerprint density at radius 1 is 1.18 bits per heavy atom. The van der Waals surface area contributed by atoms with Gasteiger partial charge in [0.15, 0.2) is 0 Å². The molecule has 1 heterocycles. The molecule has 1 aliphatic rings. The highest BCUT2D eigenvalue weighted by Crippen LogP contribution is 2.37. The normalized spacial score (nSPS) is 18.0. The Bertz CT molecular complexity index is 813. The van der Waals surface area contributed by atoms with Gasteiger partial charge in [0.25, 0.3) is 0 Å². The maximum absolute atomic E-state index is 11.7. The zero-order valence-electron chi connectivity index (χ0n) is 17.1. The molecule has 0 saturated carbocycles. The zero-order valence-corrected chi connectivity index (χ0v) is 17.1. The standard InChI is InChI=1S/C24H31NO3/c1-17(2)20-8-4-19(5-9-20)15-24(3)16-21-14-18(6-10-22(21)28-24)7-11-23(27)25-12-13-26/h4-6,8-10,14,17,26H,7,11-13,15-16H2,1-3H3,(H,25,27)/t24-/m0/s1. The van der Waals surface area contributed by atoms with Crippen LogP contribution in [0.3, 0.4) is 0 Å². The Balaban J connectivity index is 1.61. The van der Waals surface area contributed by atoms with Crippen LogP contribution in [0.1, 0.15) is 55.4 Å². The molecule has 2 aromatic rings. The minimum atomic E-state index is -0.237. The lowest BCUT2D eigenvalue weighted by atomic mass is 9.90. The van der Waals surface area contributed by atoms with Gasteiger partial charge in [-0.2, -0.15) is 0 Å². The predicted octanol–water partition coefficient (Wildman–Crippen LogP) is 3.79. The number of carbonyl (C=O) groups excluding carboxylic acids is 1. The number of aryl methyl sites for hydroxylation is 1. The molecule has 4 nitrogen and oxygen atoms in total. The second-order valence-corrected chi connectivity index (χ2v) is 8.32. The number of aliphatic hydroxyl groups excluding tert-OH is 1. The lowest BCUT2D eigenvalue weighted by molar-refractivity contribution is -0.121. The summed E-state index contributed by atoms with van der Waals surface area (Å²) in [4.78, 5) is 11.7. The van der Waals surface area contributed by atoms with Crippen LogP contribution in [0.5, 0.6) is 5.75 Å². The van der Waals surface area contributed by atoms with Crippen molar-refractivity contribution in [2.45, 2.75) is 58.0 Å². The van der Waals surface area contributed by atoms with E-state index < -0.39 is 0 Å². The molecule has 1 atom stereocenters. The predicted molar refractivity (Wildman–Crippen MR) is 112 cm³/mol. The topological polar surface area (TPSA) is 58.6 Å². The van der Waals surface area contributed by atoms with Gasteiger partial charge < -0.3 is 15.2 Å². The average molecular weight is 382 g/mol. The fourth-order valence-electron chi connectivity index (χ4n) is 3.82. The fraction of sp³-hybridized carbons (Fsp3) is 0.458. The van der Waals surface area contributed by atoms with E-state index in [9.17, 15) is 4.79 Å². The third-order valence-corrected chi connectivity index (χ3v) is 5.34. The van der Waals surface area contributed by atoms with Crippen LogP contribution in [0.25, 0.3) is 0 Å². The molecular weight excluding hydrogens is 350 g/mol. The van der Waals surface area contributed by atoms with Gasteiger partial charge in [0.05, 0.1) is 6.61 Å². The summed E-state index contributed by atoms with van der Waals surface area (Å²) < 4.78 is 6.30. The van der Waals surface area contributed by atoms with Crippen LogP contribution >= 0.6 is 0 Å². The van der Waals surface area contributed by atoms with Gasteiger partial charge in [-0.1, -0.05) is 50.2 Å². The van der Waals surface area contributed by atoms with Crippen molar-refractivity contribution >= 4 is 5.91 Å². The van der Waals surface area contributed by atoms with Crippen LogP contribution in [-0.4, -0.2) is 29.8 Å². The second kappa shape index (κ2) is 8.78. The van der Waals surface area contributed by atoms with Crippen LogP contribution in [0.15, 0.2) is 42.5 Å². The average Bonchev–Trinajstić information content (AvgIpc) is 2.99. The monoisotopic (exact) mass is 381 g/mol. The smallest absolute Gasteiger partial charge is 0.220 e. The van der Waals surface area contributed by atoms with Crippen LogP contribution in [0.2, 0.25) is 0 Å². The molecule has 150 valence electrons. The molecule has 1 amide bonds. The molecule has 0 unspecified atom stereocenters. The number of carbonyl (C=O) groups is 1. The Kier molecular flexibility index (Phi) is 6.40. The summed E-state index contributed by atoms with van der Waals surface area (Å²) in [6.45, 7) is 6.88. The molecule has 28 heavy (non-hydrogen) atoms. The number of aliphatic hydroxyl groups is 1. The highest BCUT2D eigenvalue weighted by molar-refractivity contribution is 5.76. The van der Waals surface area contributed by atoms with Gasteiger partial charge in [-0.25, -0.2) is 0 Å². The lowest BCUT2D eigenvalue weighted by Gasteiger charge is -2.24. The maximum Gasteiger partial charge on any atom is 0.220 e. The summed E-state index contributed by atoms with van der Waals surface area (Å²) in [5.41, 5.74) is 4.78. The summed E-state index contributed by atoms with van der Waals surface area (Å²) in [7, 11) is 0. The molecule has 0 radical (unpaired) electrons. The number of hydrogen-bond donors (Lipinski definition) is 2. The van der Waals surface area contributed by atoms with Crippen molar-refractivity contribution in [1.29, 1.82) is 0 Å². The van der Waals surface area contributed by atoms with E-state index in [1.165, 1.54) is 16.7 Å². The highest BCUT2D eigenvalue weighted by atomic mass is 16.5. The molecule has 0 spiro atoms. The van der Waals surface area contributed by atoms with Crippen LogP contribution < -0.4 is 10.1 Å². The molecule has 0 bridgehead atoms. The molecule has 0 fully saturated rings. The SMILES string of the molecule is CC(C)c1ccc(C[C@@]2(C)Cc3cc(CCC(=O)NCCO)ccc3O2)cc1. The minimum absolute atomic E-state index is 0.0271. The van der Waals surface area contributed by atoms with E-state index >= 15 is 0 Å². The lowest BCUT2D eigenvalue weighted by Crippen LogP contribution is -2.32. The third kappa shape index (κ3) is 5.14. The third-order valence-electron chi connectivity index (χ3n) is 5.34. The summed E-state index contributed by atoms with van der Waals surface area (Å²) in [5.74, 6) is 1.47. The minimum Gasteiger partial charge on any atom is -0.487 e. The molecule has 2 aromatic carbocycles. The van der Waals surface area contributed by atoms with E-state index in [0.29, 0.717) is 25.3 Å². The Hall–Kier alpha value is -2.33. The van der Waals surface area contributed by atoms with Gasteiger partial charge >= 0.3 is 0 Å². The molecule has 1 aliphatic heterocycles. The van der Waals surface area contributed by atoms with E-state index in [4.69, 9.17) is 9.84 Å². The first-order valence-electron chi connectivity index (χ1n) is 10.2. The van der Waals surface area contributed by atoms with Gasteiger partial charge in [0.2, 0.25) is 5.91 Å². The van der Waals surface area contributed by atoms with E-state index in [0.717, 1.165) is 24.2 Å². The molecule has 0 saturated heterocycles. The van der Waals surface area contributed by atoms with Gasteiger partial charge in [-0.05, 0) is 47.6 Å². The molecular formula is C24H31NO3. The van der Waals surface area contributed by atoms with Crippen LogP contribution in [0.4, 0.5) is 0 Å².